The van der Waals surface area contributed by atoms with Crippen LogP contribution in [0.2, 0.25) is 0 Å². The molecule has 1 N–H and O–H groups in total. The van der Waals surface area contributed by atoms with Crippen LogP contribution in [0.3, 0.4) is 0 Å². The molecule has 3 aromatic rings. The molecule has 40 heavy (non-hydrogen) atoms. The highest BCUT2D eigenvalue weighted by atomic mass is 32.2. The van der Waals surface area contributed by atoms with Crippen LogP contribution in [0.1, 0.15) is 55.4 Å². The van der Waals surface area contributed by atoms with Crippen LogP contribution >= 0.6 is 0 Å². The number of benzene rings is 3. The number of aryl methyl sites for hydroxylation is 3. The third-order valence-corrected chi connectivity index (χ3v) is 8.58. The van der Waals surface area contributed by atoms with Crippen molar-refractivity contribution in [3.63, 3.8) is 0 Å². The number of nitrogens with one attached hydrogen (secondary N) is 1. The molecule has 0 heterocycles. The Bertz CT molecular complexity index is 1370. The first-order chi connectivity index (χ1) is 19.1. The maximum absolute atomic E-state index is 14.1. The van der Waals surface area contributed by atoms with Crippen LogP contribution in [0.5, 0.6) is 0 Å². The zero-order chi connectivity index (χ0) is 29.3. The summed E-state index contributed by atoms with van der Waals surface area (Å²) in [5, 5.41) is 2.96. The number of hydrogen-bond acceptors (Lipinski definition) is 4. The molecule has 0 aliphatic rings. The van der Waals surface area contributed by atoms with Crippen molar-refractivity contribution in [3.8, 4) is 0 Å². The van der Waals surface area contributed by atoms with Gasteiger partial charge in [0.25, 0.3) is 10.0 Å². The number of anilines is 1. The molecule has 0 saturated heterocycles. The topological polar surface area (TPSA) is 86.8 Å². The second-order valence-electron chi connectivity index (χ2n) is 10.2. The second kappa shape index (κ2) is 14.1. The van der Waals surface area contributed by atoms with Gasteiger partial charge >= 0.3 is 0 Å². The second-order valence-corrected chi connectivity index (χ2v) is 12.1. The molecule has 7 nitrogen and oxygen atoms in total. The smallest absolute Gasteiger partial charge is 0.264 e. The minimum atomic E-state index is -4.08. The normalized spacial score (nSPS) is 12.0. The number of sulfonamides is 1. The van der Waals surface area contributed by atoms with Crippen LogP contribution in [0.4, 0.5) is 5.69 Å². The van der Waals surface area contributed by atoms with Gasteiger partial charge in [-0.25, -0.2) is 8.42 Å². The number of carbonyl (C=O) groups excluding carboxylic acids is 2. The van der Waals surface area contributed by atoms with Crippen molar-refractivity contribution in [2.75, 3.05) is 17.4 Å². The Balaban J connectivity index is 2.05. The number of rotatable bonds is 13. The van der Waals surface area contributed by atoms with Gasteiger partial charge in [-0.1, -0.05) is 74.4 Å². The zero-order valence-corrected chi connectivity index (χ0v) is 25.0. The summed E-state index contributed by atoms with van der Waals surface area (Å²) in [6, 6.07) is 20.6. The Morgan fingerprint density at radius 3 is 2.05 bits per heavy atom. The summed E-state index contributed by atoms with van der Waals surface area (Å²) in [4.78, 5) is 29.0. The lowest BCUT2D eigenvalue weighted by Crippen LogP contribution is -2.52. The molecule has 2 amide bonds. The summed E-state index contributed by atoms with van der Waals surface area (Å²) in [6.45, 7) is 9.95. The van der Waals surface area contributed by atoms with Gasteiger partial charge in [-0.15, -0.1) is 0 Å². The van der Waals surface area contributed by atoms with E-state index in [1.165, 1.54) is 17.0 Å². The lowest BCUT2D eigenvalue weighted by Gasteiger charge is -2.33. The largest absolute Gasteiger partial charge is 0.354 e. The van der Waals surface area contributed by atoms with Crippen LogP contribution in [0.25, 0.3) is 0 Å². The van der Waals surface area contributed by atoms with E-state index in [1.54, 1.807) is 30.3 Å². The predicted octanol–water partition coefficient (Wildman–Crippen LogP) is 5.53. The number of hydrogen-bond donors (Lipinski definition) is 1. The molecule has 0 fully saturated rings. The van der Waals surface area contributed by atoms with Crippen LogP contribution in [-0.4, -0.2) is 44.3 Å². The van der Waals surface area contributed by atoms with Gasteiger partial charge in [0.1, 0.15) is 12.6 Å². The van der Waals surface area contributed by atoms with Crippen molar-refractivity contribution in [2.45, 2.75) is 71.4 Å². The molecule has 1 atom stereocenters. The fourth-order valence-corrected chi connectivity index (χ4v) is 6.08. The van der Waals surface area contributed by atoms with Crippen LogP contribution in [-0.2, 0) is 26.2 Å². The van der Waals surface area contributed by atoms with Crippen molar-refractivity contribution in [2.24, 2.45) is 0 Å². The van der Waals surface area contributed by atoms with Crippen molar-refractivity contribution >= 4 is 27.5 Å². The molecule has 0 aromatic heterocycles. The molecule has 0 spiro atoms. The molecule has 8 heteroatoms. The zero-order valence-electron chi connectivity index (χ0n) is 24.2. The van der Waals surface area contributed by atoms with Gasteiger partial charge < -0.3 is 10.2 Å². The van der Waals surface area contributed by atoms with Crippen molar-refractivity contribution < 1.29 is 18.0 Å². The highest BCUT2D eigenvalue weighted by molar-refractivity contribution is 7.92. The van der Waals surface area contributed by atoms with E-state index in [4.69, 9.17) is 0 Å². The maximum atomic E-state index is 14.1. The number of carbonyl (C=O) groups is 2. The molecule has 0 radical (unpaired) electrons. The summed E-state index contributed by atoms with van der Waals surface area (Å²) in [5.74, 6) is -0.683. The van der Waals surface area contributed by atoms with E-state index in [-0.39, 0.29) is 17.3 Å². The average molecular weight is 564 g/mol. The van der Waals surface area contributed by atoms with Gasteiger partial charge in [0, 0.05) is 13.1 Å². The van der Waals surface area contributed by atoms with E-state index in [0.717, 1.165) is 39.4 Å². The Morgan fingerprint density at radius 1 is 0.850 bits per heavy atom. The minimum absolute atomic E-state index is 0.0939. The number of amides is 2. The van der Waals surface area contributed by atoms with E-state index in [0.29, 0.717) is 18.7 Å². The van der Waals surface area contributed by atoms with Gasteiger partial charge in [-0.3, -0.25) is 13.9 Å². The molecule has 0 bridgehead atoms. The third-order valence-electron chi connectivity index (χ3n) is 6.79. The first-order valence-electron chi connectivity index (χ1n) is 13.9. The summed E-state index contributed by atoms with van der Waals surface area (Å²) >= 11 is 0. The van der Waals surface area contributed by atoms with Crippen molar-refractivity contribution in [1.82, 2.24) is 10.2 Å². The minimum Gasteiger partial charge on any atom is -0.354 e. The third kappa shape index (κ3) is 7.94. The molecular weight excluding hydrogens is 522 g/mol. The molecule has 214 valence electrons. The summed E-state index contributed by atoms with van der Waals surface area (Å²) in [6.07, 6.45) is 2.17. The fourth-order valence-electron chi connectivity index (χ4n) is 4.66. The van der Waals surface area contributed by atoms with Gasteiger partial charge in [0.15, 0.2) is 0 Å². The molecule has 0 unspecified atom stereocenters. The van der Waals surface area contributed by atoms with Crippen molar-refractivity contribution in [3.05, 3.63) is 95.1 Å². The molecule has 3 aromatic carbocycles. The van der Waals surface area contributed by atoms with Gasteiger partial charge in [0.2, 0.25) is 11.8 Å². The molecular formula is C32H41N3O4S. The van der Waals surface area contributed by atoms with E-state index < -0.39 is 28.5 Å². The Kier molecular flexibility index (Phi) is 10.9. The summed E-state index contributed by atoms with van der Waals surface area (Å²) < 4.78 is 29.0. The number of unbranched alkanes of at least 4 members (excludes halogenated alkanes) is 1. The lowest BCUT2D eigenvalue weighted by atomic mass is 10.1. The predicted molar refractivity (Wildman–Crippen MR) is 161 cm³/mol. The number of nitrogens with zero attached hydrogens (tertiary/aromatic N) is 2. The van der Waals surface area contributed by atoms with E-state index in [1.807, 2.05) is 65.0 Å². The van der Waals surface area contributed by atoms with E-state index >= 15 is 0 Å². The SMILES string of the molecule is CCCCNC(=O)[C@H](CC)N(Cc1ccc(C)cc1)C(=O)CN(c1cc(C)cc(C)c1)S(=O)(=O)c1ccccc1. The van der Waals surface area contributed by atoms with Gasteiger partial charge in [-0.2, -0.15) is 0 Å². The fraction of sp³-hybridized carbons (Fsp3) is 0.375. The molecule has 0 aliphatic carbocycles. The Labute approximate surface area is 239 Å². The Morgan fingerprint density at radius 2 is 1.48 bits per heavy atom. The van der Waals surface area contributed by atoms with Crippen LogP contribution in [0.15, 0.2) is 77.7 Å². The van der Waals surface area contributed by atoms with Crippen LogP contribution in [0, 0.1) is 20.8 Å². The Hall–Kier alpha value is -3.65. The monoisotopic (exact) mass is 563 g/mol. The van der Waals surface area contributed by atoms with Crippen LogP contribution < -0.4 is 9.62 Å². The highest BCUT2D eigenvalue weighted by Crippen LogP contribution is 2.27. The van der Waals surface area contributed by atoms with Gasteiger partial charge in [0.05, 0.1) is 10.6 Å². The summed E-state index contributed by atoms with van der Waals surface area (Å²) in [7, 11) is -4.08. The molecule has 0 saturated carbocycles. The molecule has 0 aliphatic heterocycles. The first-order valence-corrected chi connectivity index (χ1v) is 15.3. The standard InChI is InChI=1S/C32H41N3O4S/c1-6-8-18-33-32(37)30(7-2)34(22-27-16-14-24(3)15-17-27)31(36)23-35(28-20-25(4)19-26(5)21-28)40(38,39)29-12-10-9-11-13-29/h9-17,19-21,30H,6-8,18,22-23H2,1-5H3,(H,33,37)/t30-/m0/s1. The first kappa shape index (κ1) is 30.9. The van der Waals surface area contributed by atoms with E-state index in [9.17, 15) is 18.0 Å². The summed E-state index contributed by atoms with van der Waals surface area (Å²) in [5.41, 5.74) is 4.12. The average Bonchev–Trinajstić information content (AvgIpc) is 2.92. The van der Waals surface area contributed by atoms with Crippen molar-refractivity contribution in [1.29, 1.82) is 0 Å². The molecule has 3 rings (SSSR count). The maximum Gasteiger partial charge on any atom is 0.264 e. The quantitative estimate of drug-likeness (QED) is 0.277. The van der Waals surface area contributed by atoms with E-state index in [2.05, 4.69) is 5.32 Å². The highest BCUT2D eigenvalue weighted by Gasteiger charge is 2.33. The van der Waals surface area contributed by atoms with Gasteiger partial charge in [-0.05, 0) is 74.6 Å². The lowest BCUT2D eigenvalue weighted by molar-refractivity contribution is -0.140.